The summed E-state index contributed by atoms with van der Waals surface area (Å²) in [6.07, 6.45) is 4.94. The maximum Gasteiger partial charge on any atom is 0.237 e. The number of carbonyl (C=O) groups is 1. The average Bonchev–Trinajstić information content (AvgIpc) is 3.41. The van der Waals surface area contributed by atoms with E-state index in [2.05, 4.69) is 29.3 Å². The monoisotopic (exact) mass is 483 g/mol. The Labute approximate surface area is 201 Å². The fraction of sp³-hybridized carbons (Fsp3) is 0.417. The van der Waals surface area contributed by atoms with E-state index in [-0.39, 0.29) is 30.4 Å². The molecule has 0 radical (unpaired) electrons. The van der Waals surface area contributed by atoms with E-state index in [9.17, 15) is 9.18 Å². The van der Waals surface area contributed by atoms with Gasteiger partial charge in [-0.05, 0) is 61.1 Å². The van der Waals surface area contributed by atoms with Crippen molar-refractivity contribution >= 4 is 34.7 Å². The van der Waals surface area contributed by atoms with Crippen LogP contribution in [0.2, 0.25) is 0 Å². The molecular formula is C24H26FN5OS2. The van der Waals surface area contributed by atoms with Crippen LogP contribution in [-0.2, 0) is 24.7 Å². The summed E-state index contributed by atoms with van der Waals surface area (Å²) in [6, 6.07) is 10.1. The quantitative estimate of drug-likeness (QED) is 0.410. The lowest BCUT2D eigenvalue weighted by Gasteiger charge is -2.21. The zero-order chi connectivity index (χ0) is 23.4. The topological polar surface area (TPSA) is 74.8 Å². The van der Waals surface area contributed by atoms with Gasteiger partial charge in [0.1, 0.15) is 5.82 Å². The number of fused-ring (bicyclic) bond motifs is 1. The summed E-state index contributed by atoms with van der Waals surface area (Å²) >= 11 is 3.11. The Morgan fingerprint density at radius 1 is 1.36 bits per heavy atom. The summed E-state index contributed by atoms with van der Waals surface area (Å²) < 4.78 is 15.2. The van der Waals surface area contributed by atoms with Crippen molar-refractivity contribution in [2.45, 2.75) is 44.2 Å². The van der Waals surface area contributed by atoms with E-state index in [1.807, 2.05) is 11.6 Å². The van der Waals surface area contributed by atoms with Crippen molar-refractivity contribution in [2.24, 2.45) is 13.0 Å². The van der Waals surface area contributed by atoms with Gasteiger partial charge in [0.2, 0.25) is 5.91 Å². The Morgan fingerprint density at radius 3 is 2.88 bits per heavy atom. The van der Waals surface area contributed by atoms with E-state index in [1.165, 1.54) is 52.1 Å². The largest absolute Gasteiger partial charge is 0.311 e. The Morgan fingerprint density at radius 2 is 2.15 bits per heavy atom. The average molecular weight is 484 g/mol. The lowest BCUT2D eigenvalue weighted by molar-refractivity contribution is -0.116. The highest BCUT2D eigenvalue weighted by molar-refractivity contribution is 7.99. The van der Waals surface area contributed by atoms with E-state index in [4.69, 9.17) is 5.26 Å². The van der Waals surface area contributed by atoms with Gasteiger partial charge < -0.3 is 9.47 Å². The minimum Gasteiger partial charge on any atom is -0.311 e. The first-order chi connectivity index (χ1) is 16.0. The number of carbonyl (C=O) groups excluding carboxylic acids is 1. The smallest absolute Gasteiger partial charge is 0.237 e. The van der Waals surface area contributed by atoms with Gasteiger partial charge in [-0.15, -0.1) is 21.5 Å². The van der Waals surface area contributed by atoms with Gasteiger partial charge in [0, 0.05) is 24.2 Å². The summed E-state index contributed by atoms with van der Waals surface area (Å²) in [5, 5.41) is 18.3. The van der Waals surface area contributed by atoms with Crippen LogP contribution in [0.3, 0.4) is 0 Å². The van der Waals surface area contributed by atoms with Crippen LogP contribution in [0, 0.1) is 23.1 Å². The number of anilines is 1. The summed E-state index contributed by atoms with van der Waals surface area (Å²) in [5.74, 6) is 1.20. The molecular weight excluding hydrogens is 457 g/mol. The van der Waals surface area contributed by atoms with Crippen LogP contribution in [0.25, 0.3) is 10.7 Å². The molecule has 0 bridgehead atoms. The molecule has 1 aliphatic carbocycles. The first kappa shape index (κ1) is 23.5. The van der Waals surface area contributed by atoms with E-state index in [1.54, 1.807) is 23.5 Å². The van der Waals surface area contributed by atoms with Crippen LogP contribution in [0.1, 0.15) is 36.6 Å². The number of aromatic nitrogens is 3. The van der Waals surface area contributed by atoms with Crippen molar-refractivity contribution in [1.29, 1.82) is 5.26 Å². The highest BCUT2D eigenvalue weighted by Crippen LogP contribution is 2.38. The molecule has 0 saturated heterocycles. The Bertz CT molecular complexity index is 1160. The van der Waals surface area contributed by atoms with Gasteiger partial charge in [-0.3, -0.25) is 4.79 Å². The summed E-state index contributed by atoms with van der Waals surface area (Å²) in [4.78, 5) is 17.0. The minimum atomic E-state index is -0.368. The number of rotatable bonds is 8. The predicted octanol–water partition coefficient (Wildman–Crippen LogP) is 5.24. The molecule has 33 heavy (non-hydrogen) atoms. The van der Waals surface area contributed by atoms with Crippen LogP contribution in [0.15, 0.2) is 35.5 Å². The van der Waals surface area contributed by atoms with Gasteiger partial charge in [-0.1, -0.05) is 25.1 Å². The zero-order valence-corrected chi connectivity index (χ0v) is 20.4. The van der Waals surface area contributed by atoms with Gasteiger partial charge >= 0.3 is 0 Å². The predicted molar refractivity (Wildman–Crippen MR) is 130 cm³/mol. The van der Waals surface area contributed by atoms with Crippen molar-refractivity contribution in [1.82, 2.24) is 14.8 Å². The Hall–Kier alpha value is -2.70. The molecule has 0 fully saturated rings. The highest BCUT2D eigenvalue weighted by Gasteiger charge is 2.23. The summed E-state index contributed by atoms with van der Waals surface area (Å²) in [7, 11) is 1.92. The van der Waals surface area contributed by atoms with Gasteiger partial charge in [0.25, 0.3) is 0 Å². The second-order valence-electron chi connectivity index (χ2n) is 8.16. The molecule has 1 aliphatic rings. The number of hydrogen-bond acceptors (Lipinski definition) is 6. The molecule has 0 saturated carbocycles. The first-order valence-electron chi connectivity index (χ1n) is 11.1. The summed E-state index contributed by atoms with van der Waals surface area (Å²) in [6.45, 7) is 2.51. The molecule has 4 rings (SSSR count). The molecule has 1 amide bonds. The number of halogens is 1. The maximum absolute atomic E-state index is 13.3. The standard InChI is InChI=1S/C24H26FN5OS2/c1-3-16-5-10-20-17(13-16)14-21(33-20)23-27-28-24(29(23)2)32-15-22(31)30(12-4-11-26)19-8-6-18(25)7-9-19/h6-9,14,16H,3-5,10,12-13,15H2,1-2H3. The number of nitriles is 1. The van der Waals surface area contributed by atoms with E-state index in [0.29, 0.717) is 10.8 Å². The van der Waals surface area contributed by atoms with Crippen molar-refractivity contribution in [3.8, 4) is 16.8 Å². The van der Waals surface area contributed by atoms with Crippen molar-refractivity contribution < 1.29 is 9.18 Å². The van der Waals surface area contributed by atoms with Crippen molar-refractivity contribution in [3.63, 3.8) is 0 Å². The van der Waals surface area contributed by atoms with Gasteiger partial charge in [0.15, 0.2) is 11.0 Å². The van der Waals surface area contributed by atoms with Gasteiger partial charge in [0.05, 0.1) is 23.1 Å². The zero-order valence-electron chi connectivity index (χ0n) is 18.8. The fourth-order valence-electron chi connectivity index (χ4n) is 4.10. The fourth-order valence-corrected chi connectivity index (χ4v) is 6.11. The molecule has 2 aromatic heterocycles. The van der Waals surface area contributed by atoms with Crippen LogP contribution in [-0.4, -0.2) is 33.0 Å². The van der Waals surface area contributed by atoms with Crippen LogP contribution in [0.4, 0.5) is 10.1 Å². The number of thioether (sulfide) groups is 1. The van der Waals surface area contributed by atoms with E-state index < -0.39 is 0 Å². The molecule has 172 valence electrons. The molecule has 2 heterocycles. The third-order valence-corrected chi connectivity index (χ3v) is 8.27. The number of thiophene rings is 1. The van der Waals surface area contributed by atoms with Gasteiger partial charge in [-0.2, -0.15) is 5.26 Å². The normalized spacial score (nSPS) is 15.2. The number of aryl methyl sites for hydroxylation is 1. The molecule has 9 heteroatoms. The maximum atomic E-state index is 13.3. The number of nitrogens with zero attached hydrogens (tertiary/aromatic N) is 5. The third kappa shape index (κ3) is 5.28. The van der Waals surface area contributed by atoms with Crippen LogP contribution >= 0.6 is 23.1 Å². The van der Waals surface area contributed by atoms with E-state index >= 15 is 0 Å². The first-order valence-corrected chi connectivity index (χ1v) is 12.9. The molecule has 1 unspecified atom stereocenters. The van der Waals surface area contributed by atoms with Crippen LogP contribution in [0.5, 0.6) is 0 Å². The van der Waals surface area contributed by atoms with Crippen molar-refractivity contribution in [2.75, 3.05) is 17.2 Å². The molecule has 6 nitrogen and oxygen atoms in total. The van der Waals surface area contributed by atoms with Crippen molar-refractivity contribution in [3.05, 3.63) is 46.6 Å². The highest BCUT2D eigenvalue weighted by atomic mass is 32.2. The van der Waals surface area contributed by atoms with Crippen LogP contribution < -0.4 is 4.90 Å². The molecule has 3 aromatic rings. The molecule has 0 aliphatic heterocycles. The van der Waals surface area contributed by atoms with Gasteiger partial charge in [-0.25, -0.2) is 4.39 Å². The minimum absolute atomic E-state index is 0.147. The molecule has 1 aromatic carbocycles. The number of benzene rings is 1. The summed E-state index contributed by atoms with van der Waals surface area (Å²) in [5.41, 5.74) is 2.01. The second kappa shape index (κ2) is 10.5. The lowest BCUT2D eigenvalue weighted by Crippen LogP contribution is -2.33. The third-order valence-electron chi connectivity index (χ3n) is 6.03. The SMILES string of the molecule is CCC1CCc2sc(-c3nnc(SCC(=O)N(CCC#N)c4ccc(F)cc4)n3C)cc2C1. The molecule has 1 atom stereocenters. The Balaban J connectivity index is 1.46. The van der Waals surface area contributed by atoms with E-state index in [0.717, 1.165) is 29.5 Å². The lowest BCUT2D eigenvalue weighted by atomic mass is 9.87. The number of amides is 1. The number of hydrogen-bond donors (Lipinski definition) is 0. The molecule has 0 N–H and O–H groups in total. The Kier molecular flexibility index (Phi) is 7.46. The second-order valence-corrected chi connectivity index (χ2v) is 10.2. The molecule has 0 spiro atoms.